The van der Waals surface area contributed by atoms with Crippen LogP contribution in [-0.2, 0) is 0 Å². The van der Waals surface area contributed by atoms with Crippen LogP contribution < -0.4 is 5.32 Å². The van der Waals surface area contributed by atoms with E-state index in [1.54, 1.807) is 0 Å². The summed E-state index contributed by atoms with van der Waals surface area (Å²) in [6.45, 7) is 1.90. The summed E-state index contributed by atoms with van der Waals surface area (Å²) in [5.41, 5.74) is 0.899. The predicted octanol–water partition coefficient (Wildman–Crippen LogP) is 2.09. The lowest BCUT2D eigenvalue weighted by Gasteiger charge is -2.15. The third-order valence-corrected chi connectivity index (χ3v) is 2.57. The van der Waals surface area contributed by atoms with Crippen molar-refractivity contribution in [2.24, 2.45) is 0 Å². The maximum Gasteiger partial charge on any atom is 0.129 e. The standard InChI is InChI=1S/C10H14FN3/c1-7-5-10(13-6-12-7)14-9-4-2-3-8(9)11/h5-6,8-9H,2-4H2,1H3,(H,12,13,14)/t8-,9+/m1/s1. The maximum absolute atomic E-state index is 13.3. The zero-order valence-corrected chi connectivity index (χ0v) is 8.20. The summed E-state index contributed by atoms with van der Waals surface area (Å²) >= 11 is 0. The summed E-state index contributed by atoms with van der Waals surface area (Å²) < 4.78 is 13.3. The third kappa shape index (κ3) is 2.00. The quantitative estimate of drug-likeness (QED) is 0.785. The van der Waals surface area contributed by atoms with Crippen molar-refractivity contribution in [1.82, 2.24) is 9.97 Å². The summed E-state index contributed by atoms with van der Waals surface area (Å²) in [7, 11) is 0. The van der Waals surface area contributed by atoms with Crippen molar-refractivity contribution in [3.63, 3.8) is 0 Å². The lowest BCUT2D eigenvalue weighted by molar-refractivity contribution is 0.323. The van der Waals surface area contributed by atoms with Gasteiger partial charge in [-0.05, 0) is 26.2 Å². The average Bonchev–Trinajstić information content (AvgIpc) is 2.52. The fourth-order valence-corrected chi connectivity index (χ4v) is 1.80. The smallest absolute Gasteiger partial charge is 0.129 e. The molecule has 1 aliphatic carbocycles. The number of nitrogens with one attached hydrogen (secondary N) is 1. The molecule has 1 fully saturated rings. The van der Waals surface area contributed by atoms with E-state index in [2.05, 4.69) is 15.3 Å². The van der Waals surface area contributed by atoms with E-state index in [0.29, 0.717) is 6.42 Å². The van der Waals surface area contributed by atoms with Gasteiger partial charge >= 0.3 is 0 Å². The normalized spacial score (nSPS) is 26.4. The van der Waals surface area contributed by atoms with E-state index in [1.165, 1.54) is 6.33 Å². The van der Waals surface area contributed by atoms with E-state index in [4.69, 9.17) is 0 Å². The predicted molar refractivity (Wildman–Crippen MR) is 52.9 cm³/mol. The fraction of sp³-hybridized carbons (Fsp3) is 0.600. The molecule has 1 saturated carbocycles. The molecular formula is C10H14FN3. The number of anilines is 1. The molecule has 3 nitrogen and oxygen atoms in total. The Labute approximate surface area is 82.8 Å². The number of alkyl halides is 1. The molecule has 76 valence electrons. The van der Waals surface area contributed by atoms with Crippen LogP contribution in [0.2, 0.25) is 0 Å². The van der Waals surface area contributed by atoms with Crippen molar-refractivity contribution in [3.8, 4) is 0 Å². The highest BCUT2D eigenvalue weighted by molar-refractivity contribution is 5.36. The van der Waals surface area contributed by atoms with Gasteiger partial charge in [0.2, 0.25) is 0 Å². The van der Waals surface area contributed by atoms with Gasteiger partial charge in [-0.25, -0.2) is 14.4 Å². The molecule has 1 aromatic heterocycles. The van der Waals surface area contributed by atoms with Gasteiger partial charge in [0.05, 0.1) is 6.04 Å². The minimum atomic E-state index is -0.731. The second-order valence-corrected chi connectivity index (χ2v) is 3.74. The molecule has 1 aromatic rings. The first-order chi connectivity index (χ1) is 6.75. The van der Waals surface area contributed by atoms with Crippen molar-refractivity contribution in [2.45, 2.75) is 38.4 Å². The van der Waals surface area contributed by atoms with Gasteiger partial charge < -0.3 is 5.32 Å². The van der Waals surface area contributed by atoms with Crippen molar-refractivity contribution < 1.29 is 4.39 Å². The zero-order chi connectivity index (χ0) is 9.97. The monoisotopic (exact) mass is 195 g/mol. The molecule has 1 aliphatic rings. The molecule has 1 heterocycles. The first-order valence-corrected chi connectivity index (χ1v) is 4.95. The lowest BCUT2D eigenvalue weighted by atomic mass is 10.2. The molecule has 0 aromatic carbocycles. The van der Waals surface area contributed by atoms with Crippen LogP contribution in [0.15, 0.2) is 12.4 Å². The van der Waals surface area contributed by atoms with E-state index in [-0.39, 0.29) is 6.04 Å². The Morgan fingerprint density at radius 3 is 2.93 bits per heavy atom. The molecular weight excluding hydrogens is 181 g/mol. The third-order valence-electron chi connectivity index (χ3n) is 2.57. The number of nitrogens with zero attached hydrogens (tertiary/aromatic N) is 2. The Morgan fingerprint density at radius 2 is 2.29 bits per heavy atom. The van der Waals surface area contributed by atoms with E-state index in [0.717, 1.165) is 24.4 Å². The molecule has 4 heteroatoms. The molecule has 0 aliphatic heterocycles. The number of hydrogen-bond donors (Lipinski definition) is 1. The summed E-state index contributed by atoms with van der Waals surface area (Å²) in [6.07, 6.45) is 3.29. The molecule has 1 N–H and O–H groups in total. The van der Waals surface area contributed by atoms with Crippen LogP contribution in [0.1, 0.15) is 25.0 Å². The van der Waals surface area contributed by atoms with Crippen molar-refractivity contribution in [3.05, 3.63) is 18.1 Å². The lowest BCUT2D eigenvalue weighted by Crippen LogP contribution is -2.25. The van der Waals surface area contributed by atoms with Crippen LogP contribution >= 0.6 is 0 Å². The van der Waals surface area contributed by atoms with Gasteiger partial charge in [-0.2, -0.15) is 0 Å². The van der Waals surface area contributed by atoms with E-state index in [9.17, 15) is 4.39 Å². The number of rotatable bonds is 2. The minimum Gasteiger partial charge on any atom is -0.364 e. The zero-order valence-electron chi connectivity index (χ0n) is 8.20. The van der Waals surface area contributed by atoms with Gasteiger partial charge in [-0.3, -0.25) is 0 Å². The van der Waals surface area contributed by atoms with Crippen molar-refractivity contribution >= 4 is 5.82 Å². The summed E-state index contributed by atoms with van der Waals surface area (Å²) in [5, 5.41) is 3.11. The minimum absolute atomic E-state index is 0.0655. The van der Waals surface area contributed by atoms with Crippen LogP contribution in [0.4, 0.5) is 10.2 Å². The molecule has 0 radical (unpaired) electrons. The van der Waals surface area contributed by atoms with Crippen LogP contribution in [0.25, 0.3) is 0 Å². The van der Waals surface area contributed by atoms with Crippen molar-refractivity contribution in [1.29, 1.82) is 0 Å². The number of hydrogen-bond acceptors (Lipinski definition) is 3. The second kappa shape index (κ2) is 3.90. The number of aryl methyl sites for hydroxylation is 1. The van der Waals surface area contributed by atoms with E-state index < -0.39 is 6.17 Å². The second-order valence-electron chi connectivity index (χ2n) is 3.74. The highest BCUT2D eigenvalue weighted by Crippen LogP contribution is 2.24. The molecule has 2 atom stereocenters. The van der Waals surface area contributed by atoms with Crippen LogP contribution in [0.5, 0.6) is 0 Å². The first kappa shape index (κ1) is 9.37. The number of aromatic nitrogens is 2. The summed E-state index contributed by atoms with van der Waals surface area (Å²) in [5.74, 6) is 0.729. The van der Waals surface area contributed by atoms with Crippen LogP contribution in [-0.4, -0.2) is 22.2 Å². The Hall–Kier alpha value is -1.19. The van der Waals surface area contributed by atoms with Gasteiger partial charge in [-0.1, -0.05) is 0 Å². The fourth-order valence-electron chi connectivity index (χ4n) is 1.80. The van der Waals surface area contributed by atoms with Gasteiger partial charge in [0.15, 0.2) is 0 Å². The molecule has 0 bridgehead atoms. The Bertz CT molecular complexity index is 316. The van der Waals surface area contributed by atoms with Gasteiger partial charge in [-0.15, -0.1) is 0 Å². The summed E-state index contributed by atoms with van der Waals surface area (Å²) in [4.78, 5) is 8.04. The van der Waals surface area contributed by atoms with Gasteiger partial charge in [0.1, 0.15) is 18.3 Å². The van der Waals surface area contributed by atoms with Crippen molar-refractivity contribution in [2.75, 3.05) is 5.32 Å². The first-order valence-electron chi connectivity index (χ1n) is 4.95. The van der Waals surface area contributed by atoms with Gasteiger partial charge in [0, 0.05) is 11.8 Å². The molecule has 0 spiro atoms. The van der Waals surface area contributed by atoms with E-state index >= 15 is 0 Å². The molecule has 0 saturated heterocycles. The summed E-state index contributed by atoms with van der Waals surface area (Å²) in [6, 6.07) is 1.77. The topological polar surface area (TPSA) is 37.8 Å². The number of halogens is 1. The Morgan fingerprint density at radius 1 is 1.43 bits per heavy atom. The van der Waals surface area contributed by atoms with Crippen LogP contribution in [0, 0.1) is 6.92 Å². The SMILES string of the molecule is Cc1cc(N[C@H]2CCC[C@H]2F)ncn1. The molecule has 0 unspecified atom stereocenters. The molecule has 0 amide bonds. The molecule has 2 rings (SSSR count). The maximum atomic E-state index is 13.3. The molecule has 14 heavy (non-hydrogen) atoms. The highest BCUT2D eigenvalue weighted by atomic mass is 19.1. The van der Waals surface area contributed by atoms with Gasteiger partial charge in [0.25, 0.3) is 0 Å². The van der Waals surface area contributed by atoms with E-state index in [1.807, 2.05) is 13.0 Å². The highest BCUT2D eigenvalue weighted by Gasteiger charge is 2.26. The average molecular weight is 195 g/mol. The Kier molecular flexibility index (Phi) is 2.61. The largest absolute Gasteiger partial charge is 0.364 e. The Balaban J connectivity index is 2.03. The van der Waals surface area contributed by atoms with Crippen LogP contribution in [0.3, 0.4) is 0 Å².